The molecule has 0 saturated carbocycles. The summed E-state index contributed by atoms with van der Waals surface area (Å²) >= 11 is 0. The van der Waals surface area contributed by atoms with Crippen molar-refractivity contribution in [2.75, 3.05) is 46.4 Å². The highest BCUT2D eigenvalue weighted by molar-refractivity contribution is 5.96. The molecule has 0 N–H and O–H groups in total. The van der Waals surface area contributed by atoms with Crippen molar-refractivity contribution in [1.82, 2.24) is 19.7 Å². The van der Waals surface area contributed by atoms with E-state index < -0.39 is 5.41 Å². The van der Waals surface area contributed by atoms with Crippen LogP contribution in [-0.2, 0) is 14.3 Å². The monoisotopic (exact) mass is 428 g/mol. The van der Waals surface area contributed by atoms with Gasteiger partial charge in [-0.25, -0.2) is 0 Å². The van der Waals surface area contributed by atoms with Crippen molar-refractivity contribution in [3.05, 3.63) is 29.6 Å². The molecule has 2 atom stereocenters. The lowest BCUT2D eigenvalue weighted by atomic mass is 9.67. The molecule has 0 bridgehead atoms. The first kappa shape index (κ1) is 21.7. The number of fused-ring (bicyclic) bond motifs is 1. The fourth-order valence-corrected chi connectivity index (χ4v) is 5.48. The van der Waals surface area contributed by atoms with E-state index in [-0.39, 0.29) is 23.8 Å². The number of carbonyl (C=O) groups excluding carboxylic acids is 3. The van der Waals surface area contributed by atoms with Crippen LogP contribution >= 0.6 is 0 Å². The maximum Gasteiger partial charge on any atom is 0.255 e. The lowest BCUT2D eigenvalue weighted by Gasteiger charge is -2.54. The van der Waals surface area contributed by atoms with E-state index in [4.69, 9.17) is 4.74 Å². The van der Waals surface area contributed by atoms with Crippen LogP contribution in [0, 0.1) is 12.3 Å². The predicted octanol–water partition coefficient (Wildman–Crippen LogP) is 1.48. The van der Waals surface area contributed by atoms with Gasteiger partial charge in [0.2, 0.25) is 11.8 Å². The Kier molecular flexibility index (Phi) is 6.27. The summed E-state index contributed by atoms with van der Waals surface area (Å²) in [6.45, 7) is 5.20. The van der Waals surface area contributed by atoms with Crippen molar-refractivity contribution in [2.24, 2.45) is 5.41 Å². The van der Waals surface area contributed by atoms with E-state index >= 15 is 0 Å². The number of ether oxygens (including phenoxy) is 1. The maximum atomic E-state index is 13.9. The minimum atomic E-state index is -0.754. The molecule has 3 aliphatic rings. The molecule has 31 heavy (non-hydrogen) atoms. The second-order valence-electron chi connectivity index (χ2n) is 8.96. The van der Waals surface area contributed by atoms with Gasteiger partial charge in [-0.3, -0.25) is 19.4 Å². The maximum absolute atomic E-state index is 13.9. The molecule has 1 aromatic rings. The van der Waals surface area contributed by atoms with E-state index in [1.165, 1.54) is 0 Å². The number of hydrogen-bond acceptors (Lipinski definition) is 5. The summed E-state index contributed by atoms with van der Waals surface area (Å²) < 4.78 is 5.24. The number of nitrogens with zero attached hydrogens (tertiary/aromatic N) is 4. The molecule has 4 heterocycles. The summed E-state index contributed by atoms with van der Waals surface area (Å²) in [5, 5.41) is 0. The average Bonchev–Trinajstić information content (AvgIpc) is 3.32. The van der Waals surface area contributed by atoms with E-state index in [0.29, 0.717) is 51.1 Å². The molecule has 3 aliphatic heterocycles. The summed E-state index contributed by atoms with van der Waals surface area (Å²) in [5.41, 5.74) is 0.700. The van der Waals surface area contributed by atoms with Gasteiger partial charge >= 0.3 is 0 Å². The standard InChI is InChI=1S/C23H32N4O4/c1-17-6-9-24-15-18(17)21(29)26-12-7-19-23(16-26,22(30)25-10-3-4-11-25)8-5-20(28)27(19)13-14-31-2/h6,9,15,19H,3-5,7-8,10-14,16H2,1-2H3/t19-,23+/m1/s1. The van der Waals surface area contributed by atoms with Crippen LogP contribution in [-0.4, -0.2) is 89.9 Å². The Morgan fingerprint density at radius 2 is 2.00 bits per heavy atom. The highest BCUT2D eigenvalue weighted by Crippen LogP contribution is 2.44. The van der Waals surface area contributed by atoms with Crippen LogP contribution in [0.1, 0.15) is 48.0 Å². The number of likely N-dealkylation sites (tertiary alicyclic amines) is 3. The lowest BCUT2D eigenvalue weighted by Crippen LogP contribution is -2.68. The molecule has 4 rings (SSSR count). The van der Waals surface area contributed by atoms with Gasteiger partial charge in [0.1, 0.15) is 0 Å². The van der Waals surface area contributed by atoms with Gasteiger partial charge in [0.15, 0.2) is 0 Å². The fourth-order valence-electron chi connectivity index (χ4n) is 5.48. The summed E-state index contributed by atoms with van der Waals surface area (Å²) in [6, 6.07) is 1.63. The zero-order valence-electron chi connectivity index (χ0n) is 18.5. The summed E-state index contributed by atoms with van der Waals surface area (Å²) in [7, 11) is 1.62. The van der Waals surface area contributed by atoms with Crippen LogP contribution in [0.2, 0.25) is 0 Å². The van der Waals surface area contributed by atoms with E-state index in [1.54, 1.807) is 24.4 Å². The zero-order valence-corrected chi connectivity index (χ0v) is 18.5. The molecule has 0 spiro atoms. The Balaban J connectivity index is 1.66. The smallest absolute Gasteiger partial charge is 0.255 e. The number of pyridine rings is 1. The van der Waals surface area contributed by atoms with Crippen molar-refractivity contribution < 1.29 is 19.1 Å². The molecule has 3 fully saturated rings. The predicted molar refractivity (Wildman–Crippen MR) is 114 cm³/mol. The number of carbonyl (C=O) groups is 3. The van der Waals surface area contributed by atoms with Gasteiger partial charge in [0, 0.05) is 64.7 Å². The summed E-state index contributed by atoms with van der Waals surface area (Å²) in [6.07, 6.45) is 6.72. The topological polar surface area (TPSA) is 83.0 Å². The van der Waals surface area contributed by atoms with E-state index in [2.05, 4.69) is 4.98 Å². The van der Waals surface area contributed by atoms with Crippen molar-refractivity contribution >= 4 is 17.7 Å². The Morgan fingerprint density at radius 1 is 1.23 bits per heavy atom. The van der Waals surface area contributed by atoms with Crippen molar-refractivity contribution in [3.63, 3.8) is 0 Å². The number of hydrogen-bond donors (Lipinski definition) is 0. The van der Waals surface area contributed by atoms with Crippen molar-refractivity contribution in [2.45, 2.75) is 45.1 Å². The van der Waals surface area contributed by atoms with Crippen molar-refractivity contribution in [3.8, 4) is 0 Å². The first-order valence-corrected chi connectivity index (χ1v) is 11.3. The third kappa shape index (κ3) is 3.93. The molecular weight excluding hydrogens is 396 g/mol. The molecular formula is C23H32N4O4. The lowest BCUT2D eigenvalue weighted by molar-refractivity contribution is -0.163. The molecule has 0 aromatic carbocycles. The van der Waals surface area contributed by atoms with Gasteiger partial charge in [-0.05, 0) is 44.2 Å². The van der Waals surface area contributed by atoms with Gasteiger partial charge in [-0.1, -0.05) is 0 Å². The van der Waals surface area contributed by atoms with Gasteiger partial charge in [0.05, 0.1) is 17.6 Å². The minimum Gasteiger partial charge on any atom is -0.383 e. The van der Waals surface area contributed by atoms with Crippen LogP contribution in [0.5, 0.6) is 0 Å². The van der Waals surface area contributed by atoms with Gasteiger partial charge < -0.3 is 19.4 Å². The summed E-state index contributed by atoms with van der Waals surface area (Å²) in [4.78, 5) is 49.7. The third-order valence-corrected chi connectivity index (χ3v) is 7.18. The second kappa shape index (κ2) is 8.94. The molecule has 8 heteroatoms. The number of piperidine rings is 2. The number of aryl methyl sites for hydroxylation is 1. The molecule has 0 unspecified atom stereocenters. The van der Waals surface area contributed by atoms with Gasteiger partial charge in [-0.2, -0.15) is 0 Å². The first-order chi connectivity index (χ1) is 15.0. The van der Waals surface area contributed by atoms with E-state index in [0.717, 1.165) is 31.5 Å². The Bertz CT molecular complexity index is 854. The molecule has 0 aliphatic carbocycles. The zero-order chi connectivity index (χ0) is 22.0. The van der Waals surface area contributed by atoms with E-state index in [9.17, 15) is 14.4 Å². The largest absolute Gasteiger partial charge is 0.383 e. The van der Waals surface area contributed by atoms with Crippen LogP contribution in [0.4, 0.5) is 0 Å². The van der Waals surface area contributed by atoms with Gasteiger partial charge in [0.25, 0.3) is 5.91 Å². The summed E-state index contributed by atoms with van der Waals surface area (Å²) in [5.74, 6) is 0.0955. The Hall–Kier alpha value is -2.48. The Labute approximate surface area is 183 Å². The van der Waals surface area contributed by atoms with Crippen LogP contribution in [0.15, 0.2) is 18.5 Å². The molecule has 8 nitrogen and oxygen atoms in total. The normalized spacial score (nSPS) is 26.2. The highest BCUT2D eigenvalue weighted by atomic mass is 16.5. The van der Waals surface area contributed by atoms with E-state index in [1.807, 2.05) is 22.8 Å². The Morgan fingerprint density at radius 3 is 2.71 bits per heavy atom. The fraction of sp³-hybridized carbons (Fsp3) is 0.652. The molecule has 168 valence electrons. The minimum absolute atomic E-state index is 0.0785. The molecule has 0 radical (unpaired) electrons. The molecule has 3 amide bonds. The number of methoxy groups -OCH3 is 1. The van der Waals surface area contributed by atoms with Crippen LogP contribution in [0.25, 0.3) is 0 Å². The van der Waals surface area contributed by atoms with Crippen molar-refractivity contribution in [1.29, 1.82) is 0 Å². The third-order valence-electron chi connectivity index (χ3n) is 7.18. The highest BCUT2D eigenvalue weighted by Gasteiger charge is 2.57. The van der Waals surface area contributed by atoms with Crippen LogP contribution < -0.4 is 0 Å². The number of aromatic nitrogens is 1. The second-order valence-corrected chi connectivity index (χ2v) is 8.96. The number of amides is 3. The SMILES string of the molecule is COCCN1C(=O)CC[C@]2(C(=O)N3CCCC3)CN(C(=O)c3cnccc3C)CC[C@@H]12. The first-order valence-electron chi connectivity index (χ1n) is 11.3. The molecule has 1 aromatic heterocycles. The molecule has 3 saturated heterocycles. The van der Waals surface area contributed by atoms with Crippen LogP contribution in [0.3, 0.4) is 0 Å². The quantitative estimate of drug-likeness (QED) is 0.710. The number of rotatable bonds is 5. The van der Waals surface area contributed by atoms with Gasteiger partial charge in [-0.15, -0.1) is 0 Å². The average molecular weight is 429 g/mol.